The molecule has 0 spiro atoms. The van der Waals surface area contributed by atoms with Crippen molar-refractivity contribution in [3.8, 4) is 5.69 Å². The SMILES string of the molecule is Cc1nn(-c2ccncc2)c(C)c1CCN. The van der Waals surface area contributed by atoms with Crippen LogP contribution in [0.25, 0.3) is 5.69 Å². The van der Waals surface area contributed by atoms with Gasteiger partial charge in [0.1, 0.15) is 0 Å². The van der Waals surface area contributed by atoms with Crippen LogP contribution in [-0.4, -0.2) is 21.3 Å². The summed E-state index contributed by atoms with van der Waals surface area (Å²) in [5, 5.41) is 4.53. The summed E-state index contributed by atoms with van der Waals surface area (Å²) in [6, 6.07) is 3.90. The first kappa shape index (κ1) is 10.8. The Balaban J connectivity index is 2.47. The highest BCUT2D eigenvalue weighted by Gasteiger charge is 2.11. The average Bonchev–Trinajstić information content (AvgIpc) is 2.59. The summed E-state index contributed by atoms with van der Waals surface area (Å²) in [5.74, 6) is 0. The number of nitrogens with zero attached hydrogens (tertiary/aromatic N) is 3. The van der Waals surface area contributed by atoms with E-state index >= 15 is 0 Å². The molecule has 4 nitrogen and oxygen atoms in total. The van der Waals surface area contributed by atoms with Crippen molar-refractivity contribution in [3.05, 3.63) is 41.5 Å². The van der Waals surface area contributed by atoms with Gasteiger partial charge in [0.2, 0.25) is 0 Å². The molecule has 0 unspecified atom stereocenters. The van der Waals surface area contributed by atoms with Crippen LogP contribution in [0.1, 0.15) is 17.0 Å². The number of nitrogens with two attached hydrogens (primary N) is 1. The van der Waals surface area contributed by atoms with Crippen LogP contribution in [0.5, 0.6) is 0 Å². The molecule has 2 N–H and O–H groups in total. The second kappa shape index (κ2) is 4.45. The van der Waals surface area contributed by atoms with Gasteiger partial charge in [0.15, 0.2) is 0 Å². The van der Waals surface area contributed by atoms with Crippen molar-refractivity contribution >= 4 is 0 Å². The van der Waals surface area contributed by atoms with Crippen LogP contribution in [0.15, 0.2) is 24.5 Å². The largest absolute Gasteiger partial charge is 0.330 e. The van der Waals surface area contributed by atoms with Gasteiger partial charge in [-0.05, 0) is 44.5 Å². The highest BCUT2D eigenvalue weighted by atomic mass is 15.3. The van der Waals surface area contributed by atoms with E-state index < -0.39 is 0 Å². The van der Waals surface area contributed by atoms with Crippen molar-refractivity contribution < 1.29 is 0 Å². The predicted octanol–water partition coefficient (Wildman–Crippen LogP) is 1.39. The molecule has 0 fully saturated rings. The maximum atomic E-state index is 5.60. The zero-order valence-corrected chi connectivity index (χ0v) is 9.64. The van der Waals surface area contributed by atoms with Crippen LogP contribution >= 0.6 is 0 Å². The molecule has 2 aromatic heterocycles. The molecule has 16 heavy (non-hydrogen) atoms. The molecule has 84 valence electrons. The van der Waals surface area contributed by atoms with E-state index in [2.05, 4.69) is 17.0 Å². The van der Waals surface area contributed by atoms with Crippen LogP contribution in [0.4, 0.5) is 0 Å². The van der Waals surface area contributed by atoms with Gasteiger partial charge in [-0.1, -0.05) is 0 Å². The normalized spacial score (nSPS) is 10.7. The van der Waals surface area contributed by atoms with E-state index in [1.807, 2.05) is 23.7 Å². The number of aromatic nitrogens is 3. The highest BCUT2D eigenvalue weighted by molar-refractivity contribution is 5.35. The Labute approximate surface area is 95.1 Å². The number of hydrogen-bond donors (Lipinski definition) is 1. The van der Waals surface area contributed by atoms with Crippen molar-refractivity contribution in [1.82, 2.24) is 14.8 Å². The average molecular weight is 216 g/mol. The fraction of sp³-hybridized carbons (Fsp3) is 0.333. The fourth-order valence-electron chi connectivity index (χ4n) is 1.92. The number of pyridine rings is 1. The predicted molar refractivity (Wildman–Crippen MR) is 63.6 cm³/mol. The summed E-state index contributed by atoms with van der Waals surface area (Å²) >= 11 is 0. The van der Waals surface area contributed by atoms with Gasteiger partial charge in [-0.3, -0.25) is 4.98 Å². The molecule has 0 bridgehead atoms. The Kier molecular flexibility index (Phi) is 3.01. The number of rotatable bonds is 3. The van der Waals surface area contributed by atoms with Gasteiger partial charge in [0.05, 0.1) is 11.4 Å². The second-order valence-corrected chi connectivity index (χ2v) is 3.81. The van der Waals surface area contributed by atoms with Crippen molar-refractivity contribution in [2.75, 3.05) is 6.54 Å². The Morgan fingerprint density at radius 2 is 1.94 bits per heavy atom. The number of aryl methyl sites for hydroxylation is 1. The molecule has 0 atom stereocenters. The van der Waals surface area contributed by atoms with Gasteiger partial charge < -0.3 is 5.73 Å². The third kappa shape index (κ3) is 1.84. The monoisotopic (exact) mass is 216 g/mol. The zero-order valence-electron chi connectivity index (χ0n) is 9.64. The molecule has 0 aliphatic heterocycles. The molecule has 0 amide bonds. The molecule has 2 aromatic rings. The minimum absolute atomic E-state index is 0.656. The number of hydrogen-bond acceptors (Lipinski definition) is 3. The summed E-state index contributed by atoms with van der Waals surface area (Å²) in [6.07, 6.45) is 4.42. The van der Waals surface area contributed by atoms with Crippen LogP contribution in [0.2, 0.25) is 0 Å². The highest BCUT2D eigenvalue weighted by Crippen LogP contribution is 2.17. The Morgan fingerprint density at radius 1 is 1.25 bits per heavy atom. The Hall–Kier alpha value is -1.68. The first-order chi connectivity index (χ1) is 7.74. The van der Waals surface area contributed by atoms with Crippen molar-refractivity contribution in [3.63, 3.8) is 0 Å². The van der Waals surface area contributed by atoms with Crippen molar-refractivity contribution in [2.45, 2.75) is 20.3 Å². The lowest BCUT2D eigenvalue weighted by molar-refractivity contribution is 0.830. The van der Waals surface area contributed by atoms with Crippen molar-refractivity contribution in [2.24, 2.45) is 5.73 Å². The molecule has 0 saturated heterocycles. The summed E-state index contributed by atoms with van der Waals surface area (Å²) in [5.41, 5.74) is 10.1. The van der Waals surface area contributed by atoms with E-state index in [1.165, 1.54) is 5.56 Å². The zero-order chi connectivity index (χ0) is 11.5. The molecule has 0 aliphatic carbocycles. The van der Waals surface area contributed by atoms with E-state index in [4.69, 9.17) is 5.73 Å². The molecule has 0 aliphatic rings. The molecule has 0 aromatic carbocycles. The van der Waals surface area contributed by atoms with Crippen LogP contribution in [0.3, 0.4) is 0 Å². The lowest BCUT2D eigenvalue weighted by atomic mass is 10.1. The van der Waals surface area contributed by atoms with Crippen LogP contribution in [0, 0.1) is 13.8 Å². The Bertz CT molecular complexity index is 473. The van der Waals surface area contributed by atoms with Gasteiger partial charge in [-0.25, -0.2) is 4.68 Å². The molecule has 4 heteroatoms. The summed E-state index contributed by atoms with van der Waals surface area (Å²) in [7, 11) is 0. The maximum absolute atomic E-state index is 5.60. The van der Waals surface area contributed by atoms with Gasteiger partial charge in [-0.2, -0.15) is 5.10 Å². The molecule has 0 saturated carbocycles. The lowest BCUT2D eigenvalue weighted by Gasteiger charge is -2.04. The topological polar surface area (TPSA) is 56.7 Å². The second-order valence-electron chi connectivity index (χ2n) is 3.81. The van der Waals surface area contributed by atoms with Crippen molar-refractivity contribution in [1.29, 1.82) is 0 Å². The van der Waals surface area contributed by atoms with Gasteiger partial charge in [0.25, 0.3) is 0 Å². The lowest BCUT2D eigenvalue weighted by Crippen LogP contribution is -2.05. The minimum Gasteiger partial charge on any atom is -0.330 e. The molecule has 2 rings (SSSR count). The summed E-state index contributed by atoms with van der Waals surface area (Å²) in [4.78, 5) is 4.01. The first-order valence-corrected chi connectivity index (χ1v) is 5.39. The van der Waals surface area contributed by atoms with E-state index in [0.29, 0.717) is 6.54 Å². The minimum atomic E-state index is 0.656. The first-order valence-electron chi connectivity index (χ1n) is 5.39. The Morgan fingerprint density at radius 3 is 2.56 bits per heavy atom. The smallest absolute Gasteiger partial charge is 0.0679 e. The maximum Gasteiger partial charge on any atom is 0.0679 e. The van der Waals surface area contributed by atoms with Gasteiger partial charge in [0, 0.05) is 18.1 Å². The fourth-order valence-corrected chi connectivity index (χ4v) is 1.92. The standard InChI is InChI=1S/C12H16N4/c1-9-12(3-6-13)10(2)16(15-9)11-4-7-14-8-5-11/h4-5,7-8H,3,6,13H2,1-2H3. The molecular weight excluding hydrogens is 200 g/mol. The van der Waals surface area contributed by atoms with Gasteiger partial charge in [-0.15, -0.1) is 0 Å². The quantitative estimate of drug-likeness (QED) is 0.843. The molecule has 2 heterocycles. The molecular formula is C12H16N4. The van der Waals surface area contributed by atoms with E-state index in [-0.39, 0.29) is 0 Å². The summed E-state index contributed by atoms with van der Waals surface area (Å²) < 4.78 is 1.95. The summed E-state index contributed by atoms with van der Waals surface area (Å²) in [6.45, 7) is 4.75. The van der Waals surface area contributed by atoms with Gasteiger partial charge >= 0.3 is 0 Å². The van der Waals surface area contributed by atoms with E-state index in [1.54, 1.807) is 12.4 Å². The van der Waals surface area contributed by atoms with E-state index in [9.17, 15) is 0 Å². The van der Waals surface area contributed by atoms with Crippen LogP contribution in [-0.2, 0) is 6.42 Å². The molecule has 0 radical (unpaired) electrons. The third-order valence-electron chi connectivity index (χ3n) is 2.74. The van der Waals surface area contributed by atoms with E-state index in [0.717, 1.165) is 23.5 Å². The van der Waals surface area contributed by atoms with Crippen LogP contribution < -0.4 is 5.73 Å². The third-order valence-corrected chi connectivity index (χ3v) is 2.74.